The first-order valence-corrected chi connectivity index (χ1v) is 6.51. The van der Waals surface area contributed by atoms with Crippen LogP contribution in [0.1, 0.15) is 23.2 Å². The zero-order chi connectivity index (χ0) is 14.0. The minimum absolute atomic E-state index is 0.0817. The van der Waals surface area contributed by atoms with Crippen LogP contribution in [0.3, 0.4) is 0 Å². The van der Waals surface area contributed by atoms with Crippen molar-refractivity contribution < 1.29 is 22.7 Å². The summed E-state index contributed by atoms with van der Waals surface area (Å²) in [5, 5.41) is 0. The van der Waals surface area contributed by atoms with Crippen LogP contribution in [0.15, 0.2) is 22.7 Å². The number of rotatable bonds is 2. The Morgan fingerprint density at radius 1 is 1.26 bits per heavy atom. The lowest BCUT2D eigenvalue weighted by Crippen LogP contribution is -2.29. The van der Waals surface area contributed by atoms with E-state index in [0.29, 0.717) is 17.6 Å². The van der Waals surface area contributed by atoms with Crippen LogP contribution in [-0.4, -0.2) is 30.3 Å². The Morgan fingerprint density at radius 2 is 1.89 bits per heavy atom. The summed E-state index contributed by atoms with van der Waals surface area (Å²) in [6.07, 6.45) is -3.09. The summed E-state index contributed by atoms with van der Waals surface area (Å²) in [7, 11) is 0. The number of carbonyl (C=O) groups is 1. The maximum Gasteiger partial charge on any atom is 0.573 e. The number of nitrogens with zero attached hydrogens (tertiary/aromatic N) is 1. The van der Waals surface area contributed by atoms with Gasteiger partial charge in [-0.3, -0.25) is 4.79 Å². The third kappa shape index (κ3) is 3.40. The predicted molar refractivity (Wildman–Crippen MR) is 66.0 cm³/mol. The van der Waals surface area contributed by atoms with E-state index in [-0.39, 0.29) is 5.56 Å². The van der Waals surface area contributed by atoms with Crippen LogP contribution >= 0.6 is 15.9 Å². The van der Waals surface area contributed by atoms with E-state index in [1.165, 1.54) is 17.0 Å². The fraction of sp³-hybridized carbons (Fsp3) is 0.417. The Hall–Kier alpha value is -1.24. The molecule has 1 heterocycles. The van der Waals surface area contributed by atoms with Crippen LogP contribution in [0.25, 0.3) is 0 Å². The standard InChI is InChI=1S/C12H11BrF3NO2/c13-8-4-3-5-9(19-12(14,15)16)10(8)11(18)17-6-1-2-7-17/h3-5H,1-2,6-7H2. The number of likely N-dealkylation sites (tertiary alicyclic amines) is 1. The molecule has 0 aliphatic carbocycles. The average Bonchev–Trinajstić information content (AvgIpc) is 2.79. The highest BCUT2D eigenvalue weighted by atomic mass is 79.9. The van der Waals surface area contributed by atoms with Crippen molar-refractivity contribution in [1.29, 1.82) is 0 Å². The maximum absolute atomic E-state index is 12.3. The summed E-state index contributed by atoms with van der Waals surface area (Å²) in [4.78, 5) is 13.8. The molecule has 0 spiro atoms. The van der Waals surface area contributed by atoms with E-state index < -0.39 is 18.0 Å². The minimum atomic E-state index is -4.82. The molecular formula is C12H11BrF3NO2. The van der Waals surface area contributed by atoms with Gasteiger partial charge in [0.05, 0.1) is 5.56 Å². The number of halogens is 4. The first-order chi connectivity index (χ1) is 8.88. The summed E-state index contributed by atoms with van der Waals surface area (Å²) < 4.78 is 41.2. The van der Waals surface area contributed by atoms with Gasteiger partial charge >= 0.3 is 6.36 Å². The molecule has 3 nitrogen and oxygen atoms in total. The number of alkyl halides is 3. The molecule has 1 aliphatic rings. The lowest BCUT2D eigenvalue weighted by molar-refractivity contribution is -0.274. The van der Waals surface area contributed by atoms with Gasteiger partial charge in [0.2, 0.25) is 0 Å². The van der Waals surface area contributed by atoms with E-state index in [0.717, 1.165) is 18.9 Å². The maximum atomic E-state index is 12.3. The summed E-state index contributed by atoms with van der Waals surface area (Å²) in [6.45, 7) is 1.12. The van der Waals surface area contributed by atoms with E-state index in [1.807, 2.05) is 0 Å². The van der Waals surface area contributed by atoms with Crippen LogP contribution in [0.5, 0.6) is 5.75 Å². The number of hydrogen-bond donors (Lipinski definition) is 0. The Labute approximate surface area is 116 Å². The second-order valence-corrected chi connectivity index (χ2v) is 5.01. The lowest BCUT2D eigenvalue weighted by atomic mass is 10.2. The first-order valence-electron chi connectivity index (χ1n) is 5.72. The predicted octanol–water partition coefficient (Wildman–Crippen LogP) is 3.58. The molecular weight excluding hydrogens is 327 g/mol. The summed E-state index contributed by atoms with van der Waals surface area (Å²) >= 11 is 3.11. The third-order valence-electron chi connectivity index (χ3n) is 2.81. The van der Waals surface area contributed by atoms with Crippen molar-refractivity contribution in [3.63, 3.8) is 0 Å². The van der Waals surface area contributed by atoms with Crippen LogP contribution in [0, 0.1) is 0 Å². The monoisotopic (exact) mass is 337 g/mol. The van der Waals surface area contributed by atoms with Crippen LogP contribution < -0.4 is 4.74 Å². The van der Waals surface area contributed by atoms with E-state index in [9.17, 15) is 18.0 Å². The first kappa shape index (κ1) is 14.2. The molecule has 0 aromatic heterocycles. The minimum Gasteiger partial charge on any atom is -0.405 e. The summed E-state index contributed by atoms with van der Waals surface area (Å²) in [5.41, 5.74) is -0.0817. The normalized spacial score (nSPS) is 15.7. The molecule has 1 aliphatic heterocycles. The van der Waals surface area contributed by atoms with Gasteiger partial charge in [0.1, 0.15) is 5.75 Å². The molecule has 104 valence electrons. The molecule has 7 heteroatoms. The second-order valence-electron chi connectivity index (χ2n) is 4.16. The van der Waals surface area contributed by atoms with Crippen molar-refractivity contribution in [2.75, 3.05) is 13.1 Å². The van der Waals surface area contributed by atoms with Gasteiger partial charge in [-0.25, -0.2) is 0 Å². The molecule has 19 heavy (non-hydrogen) atoms. The Bertz CT molecular complexity index is 484. The number of ether oxygens (including phenoxy) is 1. The van der Waals surface area contributed by atoms with Gasteiger partial charge in [-0.05, 0) is 40.9 Å². The third-order valence-corrected chi connectivity index (χ3v) is 3.47. The van der Waals surface area contributed by atoms with Gasteiger partial charge in [-0.2, -0.15) is 0 Å². The molecule has 1 amide bonds. The van der Waals surface area contributed by atoms with Crippen LogP contribution in [0.2, 0.25) is 0 Å². The smallest absolute Gasteiger partial charge is 0.405 e. The van der Waals surface area contributed by atoms with Gasteiger partial charge < -0.3 is 9.64 Å². The molecule has 0 N–H and O–H groups in total. The highest BCUT2D eigenvalue weighted by molar-refractivity contribution is 9.10. The van der Waals surface area contributed by atoms with Gasteiger partial charge in [0.15, 0.2) is 0 Å². The molecule has 0 saturated carbocycles. The highest BCUT2D eigenvalue weighted by Gasteiger charge is 2.34. The largest absolute Gasteiger partial charge is 0.573 e. The van der Waals surface area contributed by atoms with E-state index in [1.54, 1.807) is 0 Å². The van der Waals surface area contributed by atoms with Crippen molar-refractivity contribution in [2.45, 2.75) is 19.2 Å². The quantitative estimate of drug-likeness (QED) is 0.825. The SMILES string of the molecule is O=C(c1c(Br)cccc1OC(F)(F)F)N1CCCC1. The van der Waals surface area contributed by atoms with Crippen LogP contribution in [-0.2, 0) is 0 Å². The van der Waals surface area contributed by atoms with Gasteiger partial charge in [-0.15, -0.1) is 13.2 Å². The molecule has 1 fully saturated rings. The zero-order valence-corrected chi connectivity index (χ0v) is 11.4. The molecule has 1 aromatic carbocycles. The average molecular weight is 338 g/mol. The van der Waals surface area contributed by atoms with Crippen molar-refractivity contribution in [2.24, 2.45) is 0 Å². The van der Waals surface area contributed by atoms with Crippen molar-refractivity contribution in [3.8, 4) is 5.75 Å². The van der Waals surface area contributed by atoms with E-state index in [4.69, 9.17) is 0 Å². The van der Waals surface area contributed by atoms with Gasteiger partial charge in [-0.1, -0.05) is 6.07 Å². The number of carbonyl (C=O) groups excluding carboxylic acids is 1. The van der Waals surface area contributed by atoms with Crippen LogP contribution in [0.4, 0.5) is 13.2 Å². The molecule has 0 atom stereocenters. The van der Waals surface area contributed by atoms with E-state index >= 15 is 0 Å². The Kier molecular flexibility index (Phi) is 4.03. The lowest BCUT2D eigenvalue weighted by Gasteiger charge is -2.19. The summed E-state index contributed by atoms with van der Waals surface area (Å²) in [5.74, 6) is -0.914. The Morgan fingerprint density at radius 3 is 2.47 bits per heavy atom. The molecule has 2 rings (SSSR count). The molecule has 1 saturated heterocycles. The zero-order valence-electron chi connectivity index (χ0n) is 9.84. The summed E-state index contributed by atoms with van der Waals surface area (Å²) in [6, 6.07) is 4.06. The fourth-order valence-electron chi connectivity index (χ4n) is 2.00. The molecule has 0 bridgehead atoms. The number of amides is 1. The second kappa shape index (κ2) is 5.40. The van der Waals surface area contributed by atoms with E-state index in [2.05, 4.69) is 20.7 Å². The number of benzene rings is 1. The van der Waals surface area contributed by atoms with Gasteiger partial charge in [0.25, 0.3) is 5.91 Å². The Balaban J connectivity index is 2.34. The van der Waals surface area contributed by atoms with Crippen molar-refractivity contribution in [1.82, 2.24) is 4.90 Å². The molecule has 1 aromatic rings. The topological polar surface area (TPSA) is 29.5 Å². The van der Waals surface area contributed by atoms with Gasteiger partial charge in [0, 0.05) is 17.6 Å². The highest BCUT2D eigenvalue weighted by Crippen LogP contribution is 2.32. The number of hydrogen-bond acceptors (Lipinski definition) is 2. The van der Waals surface area contributed by atoms with Crippen molar-refractivity contribution >= 4 is 21.8 Å². The fourth-order valence-corrected chi connectivity index (χ4v) is 2.52. The molecule has 0 unspecified atom stereocenters. The molecule has 0 radical (unpaired) electrons. The van der Waals surface area contributed by atoms with Crippen molar-refractivity contribution in [3.05, 3.63) is 28.2 Å².